The second-order valence-corrected chi connectivity index (χ2v) is 7.94. The SMILES string of the molecule is COc1ccccc1OCC(=O)Nc1cccc(NC(=O)Cn2nc3n(c2=O)CCCCC3)c1. The smallest absolute Gasteiger partial charge is 0.346 e. The fourth-order valence-electron chi connectivity index (χ4n) is 3.82. The number of benzene rings is 2. The minimum absolute atomic E-state index is 0.178. The second-order valence-electron chi connectivity index (χ2n) is 7.94. The average molecular weight is 466 g/mol. The number of ether oxygens (including phenoxy) is 2. The molecule has 10 nitrogen and oxygen atoms in total. The lowest BCUT2D eigenvalue weighted by Gasteiger charge is -2.11. The van der Waals surface area contributed by atoms with E-state index in [2.05, 4.69) is 15.7 Å². The number of hydrogen-bond donors (Lipinski definition) is 2. The molecule has 2 aromatic carbocycles. The number of para-hydroxylation sites is 2. The van der Waals surface area contributed by atoms with Crippen molar-refractivity contribution in [3.63, 3.8) is 0 Å². The average Bonchev–Trinajstić information content (AvgIpc) is 2.98. The molecule has 10 heteroatoms. The van der Waals surface area contributed by atoms with Crippen molar-refractivity contribution in [2.24, 2.45) is 0 Å². The highest BCUT2D eigenvalue weighted by atomic mass is 16.5. The molecule has 0 saturated heterocycles. The molecule has 0 fully saturated rings. The van der Waals surface area contributed by atoms with Crippen LogP contribution in [0.15, 0.2) is 53.3 Å². The van der Waals surface area contributed by atoms with Crippen molar-refractivity contribution >= 4 is 23.2 Å². The van der Waals surface area contributed by atoms with E-state index >= 15 is 0 Å². The van der Waals surface area contributed by atoms with E-state index < -0.39 is 0 Å². The topological polar surface area (TPSA) is 116 Å². The number of hydrogen-bond acceptors (Lipinski definition) is 6. The highest BCUT2D eigenvalue weighted by molar-refractivity contribution is 5.94. The van der Waals surface area contributed by atoms with Gasteiger partial charge < -0.3 is 20.1 Å². The summed E-state index contributed by atoms with van der Waals surface area (Å²) in [7, 11) is 1.53. The molecule has 2 amide bonds. The highest BCUT2D eigenvalue weighted by Gasteiger charge is 2.17. The summed E-state index contributed by atoms with van der Waals surface area (Å²) in [6.45, 7) is 0.255. The van der Waals surface area contributed by atoms with E-state index in [4.69, 9.17) is 9.47 Å². The molecule has 1 aliphatic rings. The van der Waals surface area contributed by atoms with Crippen molar-refractivity contribution in [2.75, 3.05) is 24.4 Å². The van der Waals surface area contributed by atoms with Crippen LogP contribution in [0.25, 0.3) is 0 Å². The maximum absolute atomic E-state index is 12.6. The number of nitrogens with one attached hydrogen (secondary N) is 2. The number of amides is 2. The lowest BCUT2D eigenvalue weighted by molar-refractivity contribution is -0.118. The lowest BCUT2D eigenvalue weighted by atomic mass is 10.2. The third kappa shape index (κ3) is 5.64. The Balaban J connectivity index is 1.33. The number of nitrogens with zero attached hydrogens (tertiary/aromatic N) is 3. The van der Waals surface area contributed by atoms with Gasteiger partial charge in [0.25, 0.3) is 5.91 Å². The van der Waals surface area contributed by atoms with Gasteiger partial charge >= 0.3 is 5.69 Å². The molecule has 4 rings (SSSR count). The Morgan fingerprint density at radius 3 is 2.47 bits per heavy atom. The van der Waals surface area contributed by atoms with Crippen LogP contribution in [0, 0.1) is 0 Å². The molecule has 34 heavy (non-hydrogen) atoms. The van der Waals surface area contributed by atoms with Gasteiger partial charge in [-0.05, 0) is 43.2 Å². The fraction of sp³-hybridized carbons (Fsp3) is 0.333. The molecule has 1 aliphatic heterocycles. The number of carbonyl (C=O) groups excluding carboxylic acids is 2. The summed E-state index contributed by atoms with van der Waals surface area (Å²) in [6.07, 6.45) is 3.74. The van der Waals surface area contributed by atoms with Crippen LogP contribution in [0.1, 0.15) is 25.1 Å². The summed E-state index contributed by atoms with van der Waals surface area (Å²) < 4.78 is 13.6. The van der Waals surface area contributed by atoms with Crippen molar-refractivity contribution in [3.05, 3.63) is 64.8 Å². The number of aryl methyl sites for hydroxylation is 1. The zero-order valence-corrected chi connectivity index (χ0v) is 19.0. The van der Waals surface area contributed by atoms with E-state index in [0.29, 0.717) is 29.4 Å². The molecule has 2 heterocycles. The Hall–Kier alpha value is -4.08. The van der Waals surface area contributed by atoms with E-state index in [1.54, 1.807) is 47.0 Å². The molecule has 1 aromatic heterocycles. The minimum Gasteiger partial charge on any atom is -0.493 e. The van der Waals surface area contributed by atoms with Crippen molar-refractivity contribution in [1.82, 2.24) is 14.3 Å². The van der Waals surface area contributed by atoms with Crippen LogP contribution in [0.4, 0.5) is 11.4 Å². The van der Waals surface area contributed by atoms with Gasteiger partial charge in [0.2, 0.25) is 5.91 Å². The van der Waals surface area contributed by atoms with Gasteiger partial charge in [0, 0.05) is 24.3 Å². The molecule has 0 unspecified atom stereocenters. The van der Waals surface area contributed by atoms with E-state index in [-0.39, 0.29) is 30.7 Å². The Kier molecular flexibility index (Phi) is 7.26. The van der Waals surface area contributed by atoms with Crippen LogP contribution in [-0.2, 0) is 29.1 Å². The number of fused-ring (bicyclic) bond motifs is 1. The summed E-state index contributed by atoms with van der Waals surface area (Å²) in [5.41, 5.74) is 0.725. The summed E-state index contributed by atoms with van der Waals surface area (Å²) >= 11 is 0. The predicted octanol–water partition coefficient (Wildman–Crippen LogP) is 2.44. The van der Waals surface area contributed by atoms with Crippen molar-refractivity contribution < 1.29 is 19.1 Å². The van der Waals surface area contributed by atoms with Crippen LogP contribution in [0.2, 0.25) is 0 Å². The van der Waals surface area contributed by atoms with Gasteiger partial charge in [0.15, 0.2) is 18.1 Å². The molecule has 2 N–H and O–H groups in total. The standard InChI is InChI=1S/C24H27N5O5/c1-33-19-10-4-5-11-20(19)34-16-23(31)26-18-9-7-8-17(14-18)25-22(30)15-29-24(32)28-13-6-2-3-12-21(28)27-29/h4-5,7-11,14H,2-3,6,12-13,15-16H2,1H3,(H,25,30)(H,26,31). The first-order chi connectivity index (χ1) is 16.5. The zero-order chi connectivity index (χ0) is 23.9. The molecule has 178 valence electrons. The normalized spacial score (nSPS) is 12.9. The maximum atomic E-state index is 12.6. The van der Waals surface area contributed by atoms with Crippen molar-refractivity contribution in [3.8, 4) is 11.5 Å². The predicted molar refractivity (Wildman–Crippen MR) is 126 cm³/mol. The lowest BCUT2D eigenvalue weighted by Crippen LogP contribution is -2.30. The minimum atomic E-state index is -0.377. The van der Waals surface area contributed by atoms with Gasteiger partial charge in [-0.3, -0.25) is 14.2 Å². The van der Waals surface area contributed by atoms with Crippen molar-refractivity contribution in [1.29, 1.82) is 0 Å². The molecular formula is C24H27N5O5. The fourth-order valence-corrected chi connectivity index (χ4v) is 3.82. The van der Waals surface area contributed by atoms with Gasteiger partial charge in [-0.2, -0.15) is 5.10 Å². The summed E-state index contributed by atoms with van der Waals surface area (Å²) in [4.78, 5) is 37.4. The van der Waals surface area contributed by atoms with Gasteiger partial charge in [0.05, 0.1) is 7.11 Å². The van der Waals surface area contributed by atoms with Gasteiger partial charge in [-0.15, -0.1) is 0 Å². The summed E-state index contributed by atoms with van der Waals surface area (Å²) in [6, 6.07) is 13.8. The number of rotatable bonds is 8. The van der Waals surface area contributed by atoms with E-state index in [1.165, 1.54) is 11.8 Å². The number of anilines is 2. The molecule has 0 radical (unpaired) electrons. The Morgan fingerprint density at radius 1 is 0.971 bits per heavy atom. The third-order valence-electron chi connectivity index (χ3n) is 5.43. The maximum Gasteiger partial charge on any atom is 0.346 e. The van der Waals surface area contributed by atoms with Crippen molar-refractivity contribution in [2.45, 2.75) is 38.8 Å². The van der Waals surface area contributed by atoms with E-state index in [0.717, 1.165) is 31.5 Å². The molecule has 0 aliphatic carbocycles. The quantitative estimate of drug-likeness (QED) is 0.528. The molecule has 0 bridgehead atoms. The first-order valence-corrected chi connectivity index (χ1v) is 11.2. The van der Waals surface area contributed by atoms with Crippen LogP contribution < -0.4 is 25.8 Å². The van der Waals surface area contributed by atoms with Gasteiger partial charge in [0.1, 0.15) is 12.4 Å². The Bertz CT molecular complexity index is 1230. The Morgan fingerprint density at radius 2 is 1.71 bits per heavy atom. The van der Waals surface area contributed by atoms with Crippen LogP contribution in [0.5, 0.6) is 11.5 Å². The van der Waals surface area contributed by atoms with E-state index in [9.17, 15) is 14.4 Å². The van der Waals surface area contributed by atoms with Gasteiger partial charge in [-0.1, -0.05) is 24.6 Å². The monoisotopic (exact) mass is 465 g/mol. The molecule has 0 spiro atoms. The largest absolute Gasteiger partial charge is 0.493 e. The van der Waals surface area contributed by atoms with Gasteiger partial charge in [-0.25, -0.2) is 9.48 Å². The second kappa shape index (κ2) is 10.7. The summed E-state index contributed by atoms with van der Waals surface area (Å²) in [5.74, 6) is 0.996. The number of carbonyl (C=O) groups is 2. The first-order valence-electron chi connectivity index (χ1n) is 11.2. The molecule has 0 saturated carbocycles. The number of methoxy groups -OCH3 is 1. The molecular weight excluding hydrogens is 438 g/mol. The highest BCUT2D eigenvalue weighted by Crippen LogP contribution is 2.25. The Labute approximate surface area is 196 Å². The zero-order valence-electron chi connectivity index (χ0n) is 19.0. The molecule has 3 aromatic rings. The third-order valence-corrected chi connectivity index (χ3v) is 5.43. The van der Waals surface area contributed by atoms with Crippen LogP contribution >= 0.6 is 0 Å². The number of aromatic nitrogens is 3. The summed E-state index contributed by atoms with van der Waals surface area (Å²) in [5, 5.41) is 9.82. The van der Waals surface area contributed by atoms with Crippen LogP contribution in [-0.4, -0.2) is 39.9 Å². The van der Waals surface area contributed by atoms with Crippen LogP contribution in [0.3, 0.4) is 0 Å². The molecule has 0 atom stereocenters. The van der Waals surface area contributed by atoms with E-state index in [1.807, 2.05) is 6.07 Å². The first kappa shape index (κ1) is 23.1.